The zero-order valence-electron chi connectivity index (χ0n) is 16.5. The highest BCUT2D eigenvalue weighted by Crippen LogP contribution is 2.18. The van der Waals surface area contributed by atoms with E-state index in [1.807, 2.05) is 6.07 Å². The van der Waals surface area contributed by atoms with Crippen molar-refractivity contribution in [1.82, 2.24) is 20.4 Å². The minimum atomic E-state index is -0.181. The van der Waals surface area contributed by atoms with Crippen LogP contribution in [0.3, 0.4) is 0 Å². The SMILES string of the molecule is CN=C(NCCCc1cccc(F)c1)N1CCN(CC(=O)NC2CC2)CC1.I. The molecule has 1 saturated heterocycles. The standard InChI is InChI=1S/C20H30FN5O.HI/c1-22-20(23-9-3-5-16-4-2-6-17(21)14-16)26-12-10-25(11-13-26)15-19(27)24-18-7-8-18;/h2,4,6,14,18H,3,5,7-13,15H2,1H3,(H,22,23)(H,24,27);1H. The normalized spacial score (nSPS) is 17.8. The van der Waals surface area contributed by atoms with Gasteiger partial charge in [-0.3, -0.25) is 14.7 Å². The minimum absolute atomic E-state index is 0. The molecular weight excluding hydrogens is 472 g/mol. The number of guanidine groups is 1. The fourth-order valence-corrected chi connectivity index (χ4v) is 3.34. The molecule has 0 radical (unpaired) electrons. The Labute approximate surface area is 184 Å². The summed E-state index contributed by atoms with van der Waals surface area (Å²) in [4.78, 5) is 20.7. The highest BCUT2D eigenvalue weighted by atomic mass is 127. The molecule has 6 nitrogen and oxygen atoms in total. The first-order valence-corrected chi connectivity index (χ1v) is 9.86. The number of nitrogens with zero attached hydrogens (tertiary/aromatic N) is 3. The number of hydrogen-bond acceptors (Lipinski definition) is 3. The summed E-state index contributed by atoms with van der Waals surface area (Å²) in [5.74, 6) is 0.863. The molecule has 2 fully saturated rings. The Hall–Kier alpha value is -1.42. The first-order chi connectivity index (χ1) is 13.1. The van der Waals surface area contributed by atoms with E-state index in [4.69, 9.17) is 0 Å². The third kappa shape index (κ3) is 7.54. The van der Waals surface area contributed by atoms with E-state index in [1.165, 1.54) is 6.07 Å². The van der Waals surface area contributed by atoms with Gasteiger partial charge in [-0.2, -0.15) is 0 Å². The van der Waals surface area contributed by atoms with E-state index in [1.54, 1.807) is 19.2 Å². The maximum absolute atomic E-state index is 13.2. The quantitative estimate of drug-likeness (QED) is 0.258. The second kappa shape index (κ2) is 11.5. The van der Waals surface area contributed by atoms with Crippen molar-refractivity contribution >= 4 is 35.8 Å². The Morgan fingerprint density at radius 3 is 2.64 bits per heavy atom. The molecule has 1 heterocycles. The number of carbonyl (C=O) groups excluding carboxylic acids is 1. The summed E-state index contributed by atoms with van der Waals surface area (Å²) < 4.78 is 13.2. The smallest absolute Gasteiger partial charge is 0.234 e. The van der Waals surface area contributed by atoms with Gasteiger partial charge < -0.3 is 15.5 Å². The summed E-state index contributed by atoms with van der Waals surface area (Å²) in [6, 6.07) is 7.19. The number of nitrogens with one attached hydrogen (secondary N) is 2. The van der Waals surface area contributed by atoms with Crippen molar-refractivity contribution in [3.8, 4) is 0 Å². The molecule has 0 spiro atoms. The Morgan fingerprint density at radius 2 is 2.00 bits per heavy atom. The van der Waals surface area contributed by atoms with Gasteiger partial charge in [-0.15, -0.1) is 24.0 Å². The zero-order valence-corrected chi connectivity index (χ0v) is 18.8. The van der Waals surface area contributed by atoms with Gasteiger partial charge in [-0.25, -0.2) is 4.39 Å². The maximum atomic E-state index is 13.2. The molecule has 28 heavy (non-hydrogen) atoms. The molecule has 2 aliphatic rings. The predicted octanol–water partition coefficient (Wildman–Crippen LogP) is 1.85. The number of amides is 1. The van der Waals surface area contributed by atoms with Crippen LogP contribution >= 0.6 is 24.0 Å². The molecule has 1 saturated carbocycles. The minimum Gasteiger partial charge on any atom is -0.356 e. The first-order valence-electron chi connectivity index (χ1n) is 9.86. The summed E-state index contributed by atoms with van der Waals surface area (Å²) in [6.07, 6.45) is 4.01. The van der Waals surface area contributed by atoms with Gasteiger partial charge in [0.2, 0.25) is 5.91 Å². The molecule has 1 aromatic rings. The van der Waals surface area contributed by atoms with E-state index in [0.717, 1.165) is 69.9 Å². The topological polar surface area (TPSA) is 60.0 Å². The van der Waals surface area contributed by atoms with Crippen LogP contribution in [0.25, 0.3) is 0 Å². The van der Waals surface area contributed by atoms with Crippen LogP contribution in [0.4, 0.5) is 4.39 Å². The summed E-state index contributed by atoms with van der Waals surface area (Å²) in [6.45, 7) is 4.74. The second-order valence-electron chi connectivity index (χ2n) is 7.31. The van der Waals surface area contributed by atoms with Crippen LogP contribution in [0.1, 0.15) is 24.8 Å². The van der Waals surface area contributed by atoms with Gasteiger partial charge in [0.1, 0.15) is 5.82 Å². The highest BCUT2D eigenvalue weighted by molar-refractivity contribution is 14.0. The summed E-state index contributed by atoms with van der Waals surface area (Å²) in [5, 5.41) is 6.44. The molecule has 1 aromatic carbocycles. The Kier molecular flexibility index (Phi) is 9.43. The molecule has 0 atom stereocenters. The van der Waals surface area contributed by atoms with Gasteiger partial charge in [0.05, 0.1) is 6.54 Å². The zero-order chi connectivity index (χ0) is 19.1. The van der Waals surface area contributed by atoms with Crippen LogP contribution in [0, 0.1) is 5.82 Å². The van der Waals surface area contributed by atoms with Crippen molar-refractivity contribution in [2.45, 2.75) is 31.7 Å². The third-order valence-corrected chi connectivity index (χ3v) is 5.01. The molecule has 1 aliphatic heterocycles. The van der Waals surface area contributed by atoms with Crippen molar-refractivity contribution in [2.24, 2.45) is 4.99 Å². The molecule has 0 bridgehead atoms. The molecule has 3 rings (SSSR count). The van der Waals surface area contributed by atoms with Gasteiger partial charge in [0.25, 0.3) is 0 Å². The van der Waals surface area contributed by atoms with Gasteiger partial charge in [-0.05, 0) is 43.4 Å². The van der Waals surface area contributed by atoms with Crippen LogP contribution in [0.15, 0.2) is 29.3 Å². The lowest BCUT2D eigenvalue weighted by Gasteiger charge is -2.36. The molecule has 0 unspecified atom stereocenters. The summed E-state index contributed by atoms with van der Waals surface area (Å²) >= 11 is 0. The number of carbonyl (C=O) groups is 1. The molecule has 0 aromatic heterocycles. The predicted molar refractivity (Wildman–Crippen MR) is 121 cm³/mol. The van der Waals surface area contributed by atoms with Crippen molar-refractivity contribution in [1.29, 1.82) is 0 Å². The van der Waals surface area contributed by atoms with Gasteiger partial charge in [-0.1, -0.05) is 12.1 Å². The number of halogens is 2. The van der Waals surface area contributed by atoms with E-state index in [0.29, 0.717) is 12.6 Å². The number of aliphatic imine (C=N–C) groups is 1. The Bertz CT molecular complexity index is 660. The molecule has 8 heteroatoms. The fraction of sp³-hybridized carbons (Fsp3) is 0.600. The summed E-state index contributed by atoms with van der Waals surface area (Å²) in [7, 11) is 1.80. The number of hydrogen-bond donors (Lipinski definition) is 2. The maximum Gasteiger partial charge on any atom is 0.234 e. The molecule has 2 N–H and O–H groups in total. The van der Waals surface area contributed by atoms with Crippen molar-refractivity contribution < 1.29 is 9.18 Å². The van der Waals surface area contributed by atoms with E-state index >= 15 is 0 Å². The van der Waals surface area contributed by atoms with Crippen LogP contribution in [-0.2, 0) is 11.2 Å². The molecule has 1 amide bonds. The van der Waals surface area contributed by atoms with Crippen molar-refractivity contribution in [2.75, 3.05) is 46.3 Å². The number of rotatable bonds is 7. The van der Waals surface area contributed by atoms with Gasteiger partial charge >= 0.3 is 0 Å². The average Bonchev–Trinajstić information content (AvgIpc) is 3.47. The van der Waals surface area contributed by atoms with Crippen LogP contribution in [0.5, 0.6) is 0 Å². The largest absolute Gasteiger partial charge is 0.356 e. The first kappa shape index (κ1) is 22.9. The van der Waals surface area contributed by atoms with Crippen LogP contribution in [-0.4, -0.2) is 74.0 Å². The third-order valence-electron chi connectivity index (χ3n) is 5.01. The van der Waals surface area contributed by atoms with Crippen LogP contribution in [0.2, 0.25) is 0 Å². The fourth-order valence-electron chi connectivity index (χ4n) is 3.34. The van der Waals surface area contributed by atoms with Crippen molar-refractivity contribution in [3.63, 3.8) is 0 Å². The Morgan fingerprint density at radius 1 is 1.25 bits per heavy atom. The number of piperazine rings is 1. The second-order valence-corrected chi connectivity index (χ2v) is 7.31. The lowest BCUT2D eigenvalue weighted by atomic mass is 10.1. The molecule has 1 aliphatic carbocycles. The highest BCUT2D eigenvalue weighted by Gasteiger charge is 2.25. The van der Waals surface area contributed by atoms with E-state index in [2.05, 4.69) is 25.4 Å². The monoisotopic (exact) mass is 503 g/mol. The van der Waals surface area contributed by atoms with E-state index in [-0.39, 0.29) is 35.7 Å². The lowest BCUT2D eigenvalue weighted by Crippen LogP contribution is -2.54. The lowest BCUT2D eigenvalue weighted by molar-refractivity contribution is -0.122. The van der Waals surface area contributed by atoms with Crippen molar-refractivity contribution in [3.05, 3.63) is 35.6 Å². The van der Waals surface area contributed by atoms with E-state index in [9.17, 15) is 9.18 Å². The molecular formula is C20H31FIN5O. The molecule has 156 valence electrons. The van der Waals surface area contributed by atoms with Gasteiger partial charge in [0, 0.05) is 45.8 Å². The number of benzene rings is 1. The van der Waals surface area contributed by atoms with E-state index < -0.39 is 0 Å². The average molecular weight is 503 g/mol. The van der Waals surface area contributed by atoms with Crippen LogP contribution < -0.4 is 10.6 Å². The Balaban J connectivity index is 0.00000280. The number of aryl methyl sites for hydroxylation is 1. The summed E-state index contributed by atoms with van der Waals surface area (Å²) in [5.41, 5.74) is 1.02. The van der Waals surface area contributed by atoms with Gasteiger partial charge in [0.15, 0.2) is 5.96 Å².